The number of ether oxygens (including phenoxy) is 2. The second-order valence-electron chi connectivity index (χ2n) is 8.83. The van der Waals surface area contributed by atoms with Crippen LogP contribution in [0.1, 0.15) is 39.0 Å². The van der Waals surface area contributed by atoms with E-state index in [0.717, 1.165) is 11.1 Å². The molecule has 7 heteroatoms. The molecule has 3 aromatic carbocycles. The molecule has 1 fully saturated rings. The molecule has 0 aliphatic carbocycles. The molecule has 2 aliphatic rings. The molecule has 3 atom stereocenters. The second kappa shape index (κ2) is 8.87. The van der Waals surface area contributed by atoms with Gasteiger partial charge in [-0.2, -0.15) is 10.5 Å². The lowest BCUT2D eigenvalue weighted by atomic mass is 9.67. The first-order valence-corrected chi connectivity index (χ1v) is 11.4. The van der Waals surface area contributed by atoms with E-state index in [4.69, 9.17) is 9.47 Å². The molecule has 2 aliphatic heterocycles. The normalized spacial score (nSPS) is 21.0. The fourth-order valence-corrected chi connectivity index (χ4v) is 5.46. The van der Waals surface area contributed by atoms with Crippen LogP contribution in [0.5, 0.6) is 11.5 Å². The van der Waals surface area contributed by atoms with Gasteiger partial charge in [0.25, 0.3) is 0 Å². The molecule has 2 heterocycles. The SMILES string of the molecule is COc1cc(OC)cc([C@H]2[C@H](C(=O)c3ccc(F)cc3)N3C=Cc4ccccc4[C@H]3C2(C#N)C#N)c1. The number of nitriles is 2. The Bertz CT molecular complexity index is 1420. The lowest BCUT2D eigenvalue weighted by Crippen LogP contribution is -2.37. The number of methoxy groups -OCH3 is 2. The van der Waals surface area contributed by atoms with Crippen molar-refractivity contribution in [3.63, 3.8) is 0 Å². The van der Waals surface area contributed by atoms with Gasteiger partial charge in [0.05, 0.1) is 32.4 Å². The topological polar surface area (TPSA) is 86.3 Å². The largest absolute Gasteiger partial charge is 0.497 e. The Balaban J connectivity index is 1.79. The van der Waals surface area contributed by atoms with E-state index in [2.05, 4.69) is 12.1 Å². The maximum atomic E-state index is 14.1. The molecule has 0 amide bonds. The third kappa shape index (κ3) is 3.40. The average molecular weight is 480 g/mol. The summed E-state index contributed by atoms with van der Waals surface area (Å²) < 4.78 is 24.6. The number of ketones is 1. The molecule has 0 bridgehead atoms. The summed E-state index contributed by atoms with van der Waals surface area (Å²) >= 11 is 0. The zero-order valence-electron chi connectivity index (χ0n) is 19.7. The summed E-state index contributed by atoms with van der Waals surface area (Å²) in [5.74, 6) is -0.691. The first-order chi connectivity index (χ1) is 17.5. The summed E-state index contributed by atoms with van der Waals surface area (Å²) in [6.45, 7) is 0. The zero-order chi connectivity index (χ0) is 25.4. The fourth-order valence-electron chi connectivity index (χ4n) is 5.46. The van der Waals surface area contributed by atoms with Crippen molar-refractivity contribution in [2.24, 2.45) is 5.41 Å². The Morgan fingerprint density at radius 1 is 0.972 bits per heavy atom. The number of Topliss-reactive ketones (excluding diaryl/α,β-unsaturated/α-hetero) is 1. The summed E-state index contributed by atoms with van der Waals surface area (Å²) in [4.78, 5) is 15.9. The highest BCUT2D eigenvalue weighted by Gasteiger charge is 2.64. The first-order valence-electron chi connectivity index (χ1n) is 11.4. The third-order valence-corrected chi connectivity index (χ3v) is 7.07. The summed E-state index contributed by atoms with van der Waals surface area (Å²) in [5.41, 5.74) is 0.898. The van der Waals surface area contributed by atoms with Crippen LogP contribution in [0.4, 0.5) is 4.39 Å². The number of rotatable bonds is 5. The van der Waals surface area contributed by atoms with E-state index >= 15 is 0 Å². The smallest absolute Gasteiger partial charge is 0.185 e. The highest BCUT2D eigenvalue weighted by Crippen LogP contribution is 2.60. The van der Waals surface area contributed by atoms with Crippen molar-refractivity contribution in [1.29, 1.82) is 10.5 Å². The molecule has 36 heavy (non-hydrogen) atoms. The Morgan fingerprint density at radius 3 is 2.22 bits per heavy atom. The minimum Gasteiger partial charge on any atom is -0.497 e. The number of carbonyl (C=O) groups is 1. The molecule has 0 N–H and O–H groups in total. The Labute approximate surface area is 208 Å². The highest BCUT2D eigenvalue weighted by atomic mass is 19.1. The van der Waals surface area contributed by atoms with E-state index < -0.39 is 29.2 Å². The average Bonchev–Trinajstić information content (AvgIpc) is 3.23. The number of nitrogens with zero attached hydrogens (tertiary/aromatic N) is 3. The standard InChI is InChI=1S/C29H22FN3O3/c1-35-22-13-20(14-23(15-22)36-2)25-26(27(34)19-7-9-21(30)10-8-19)33-12-11-18-5-3-4-6-24(18)28(33)29(25,16-31)17-32/h3-15,25-26,28H,1-2H3/t25-,26+,28-/m0/s1. The first kappa shape index (κ1) is 23.1. The molecule has 6 nitrogen and oxygen atoms in total. The molecule has 0 aromatic heterocycles. The van der Waals surface area contributed by atoms with Gasteiger partial charge in [-0.1, -0.05) is 24.3 Å². The van der Waals surface area contributed by atoms with Gasteiger partial charge in [-0.25, -0.2) is 4.39 Å². The van der Waals surface area contributed by atoms with Crippen LogP contribution in [0.2, 0.25) is 0 Å². The van der Waals surface area contributed by atoms with E-state index in [1.165, 1.54) is 38.5 Å². The predicted octanol–water partition coefficient (Wildman–Crippen LogP) is 5.25. The number of hydrogen-bond acceptors (Lipinski definition) is 6. The van der Waals surface area contributed by atoms with Crippen LogP contribution in [-0.2, 0) is 0 Å². The van der Waals surface area contributed by atoms with Gasteiger partial charge in [0, 0.05) is 23.7 Å². The van der Waals surface area contributed by atoms with E-state index in [9.17, 15) is 19.7 Å². The van der Waals surface area contributed by atoms with Gasteiger partial charge in [-0.05, 0) is 59.2 Å². The zero-order valence-corrected chi connectivity index (χ0v) is 19.7. The number of carbonyl (C=O) groups excluding carboxylic acids is 1. The van der Waals surface area contributed by atoms with Gasteiger partial charge in [0.15, 0.2) is 11.2 Å². The van der Waals surface area contributed by atoms with Gasteiger partial charge < -0.3 is 14.4 Å². The fraction of sp³-hybridized carbons (Fsp3) is 0.207. The summed E-state index contributed by atoms with van der Waals surface area (Å²) in [6, 6.07) is 21.0. The van der Waals surface area contributed by atoms with Gasteiger partial charge >= 0.3 is 0 Å². The van der Waals surface area contributed by atoms with Gasteiger partial charge in [0.1, 0.15) is 23.4 Å². The number of hydrogen-bond donors (Lipinski definition) is 0. The second-order valence-corrected chi connectivity index (χ2v) is 8.83. The maximum absolute atomic E-state index is 14.1. The Morgan fingerprint density at radius 2 is 1.61 bits per heavy atom. The molecule has 0 spiro atoms. The molecular formula is C29H22FN3O3. The van der Waals surface area contributed by atoms with Crippen molar-refractivity contribution < 1.29 is 18.7 Å². The molecule has 0 saturated carbocycles. The third-order valence-electron chi connectivity index (χ3n) is 7.07. The van der Waals surface area contributed by atoms with Crippen LogP contribution in [0, 0.1) is 33.9 Å². The van der Waals surface area contributed by atoms with Crippen molar-refractivity contribution in [3.05, 3.63) is 101 Å². The molecule has 178 valence electrons. The highest BCUT2D eigenvalue weighted by molar-refractivity contribution is 6.01. The molecule has 0 radical (unpaired) electrons. The van der Waals surface area contributed by atoms with Crippen molar-refractivity contribution in [1.82, 2.24) is 4.90 Å². The molecular weight excluding hydrogens is 457 g/mol. The van der Waals surface area contributed by atoms with Crippen LogP contribution < -0.4 is 9.47 Å². The van der Waals surface area contributed by atoms with Crippen LogP contribution in [0.15, 0.2) is 72.9 Å². The lowest BCUT2D eigenvalue weighted by molar-refractivity contribution is 0.0874. The quantitative estimate of drug-likeness (QED) is 0.465. The van der Waals surface area contributed by atoms with Crippen LogP contribution >= 0.6 is 0 Å². The number of benzene rings is 3. The van der Waals surface area contributed by atoms with Crippen molar-refractivity contribution >= 4 is 11.9 Å². The van der Waals surface area contributed by atoms with Crippen LogP contribution in [0.3, 0.4) is 0 Å². The van der Waals surface area contributed by atoms with Gasteiger partial charge in [0.2, 0.25) is 0 Å². The summed E-state index contributed by atoms with van der Waals surface area (Å²) in [7, 11) is 3.02. The van der Waals surface area contributed by atoms with E-state index in [0.29, 0.717) is 22.6 Å². The van der Waals surface area contributed by atoms with Crippen LogP contribution in [0.25, 0.3) is 6.08 Å². The van der Waals surface area contributed by atoms with E-state index in [1.807, 2.05) is 30.3 Å². The van der Waals surface area contributed by atoms with Gasteiger partial charge in [-0.15, -0.1) is 0 Å². The number of fused-ring (bicyclic) bond motifs is 3. The maximum Gasteiger partial charge on any atom is 0.185 e. The molecule has 1 saturated heterocycles. The summed E-state index contributed by atoms with van der Waals surface area (Å²) in [6.07, 6.45) is 3.66. The predicted molar refractivity (Wildman–Crippen MR) is 131 cm³/mol. The number of halogens is 1. The van der Waals surface area contributed by atoms with E-state index in [1.54, 1.807) is 29.3 Å². The minimum atomic E-state index is -1.63. The molecule has 0 unspecified atom stereocenters. The Kier molecular flexibility index (Phi) is 5.70. The molecule has 3 aromatic rings. The van der Waals surface area contributed by atoms with Crippen molar-refractivity contribution in [3.8, 4) is 23.6 Å². The van der Waals surface area contributed by atoms with Crippen LogP contribution in [-0.4, -0.2) is 30.9 Å². The summed E-state index contributed by atoms with van der Waals surface area (Å²) in [5, 5.41) is 21.3. The molecule has 5 rings (SSSR count). The Hall–Kier alpha value is -4.62. The lowest BCUT2D eigenvalue weighted by Gasteiger charge is -2.34. The van der Waals surface area contributed by atoms with Gasteiger partial charge in [-0.3, -0.25) is 4.79 Å². The minimum absolute atomic E-state index is 0.291. The monoisotopic (exact) mass is 479 g/mol. The van der Waals surface area contributed by atoms with E-state index in [-0.39, 0.29) is 5.78 Å². The van der Waals surface area contributed by atoms with Crippen molar-refractivity contribution in [2.45, 2.75) is 18.0 Å². The van der Waals surface area contributed by atoms with Crippen molar-refractivity contribution in [2.75, 3.05) is 14.2 Å².